The molecule has 0 spiro atoms. The number of alkyl halides is 3. The third-order valence-electron chi connectivity index (χ3n) is 9.12. The van der Waals surface area contributed by atoms with Crippen molar-refractivity contribution < 1.29 is 27.9 Å². The monoisotopic (exact) mass is 802 g/mol. The molecule has 1 amide bonds. The number of nitrogens with zero attached hydrogens (tertiary/aromatic N) is 7. The summed E-state index contributed by atoms with van der Waals surface area (Å²) >= 11 is 2.99. The van der Waals surface area contributed by atoms with Gasteiger partial charge in [0.25, 0.3) is 0 Å². The molecule has 1 aliphatic rings. The van der Waals surface area contributed by atoms with Crippen molar-refractivity contribution in [3.8, 4) is 5.75 Å². The van der Waals surface area contributed by atoms with Crippen LogP contribution in [0.25, 0.3) is 11.2 Å². The van der Waals surface area contributed by atoms with Crippen LogP contribution in [-0.2, 0) is 23.9 Å². The zero-order chi connectivity index (χ0) is 35.9. The van der Waals surface area contributed by atoms with Crippen LogP contribution in [0.15, 0.2) is 35.5 Å². The molecule has 0 aliphatic carbocycles. The number of rotatable bonds is 8. The molecule has 1 fully saturated rings. The minimum absolute atomic E-state index is 0.00382. The predicted molar refractivity (Wildman–Crippen MR) is 182 cm³/mol. The number of hydrogen-bond acceptors (Lipinski definition) is 10. The Labute approximate surface area is 292 Å². The molecule has 1 aromatic carbocycles. The number of pyridine rings is 1. The molecule has 1 aliphatic heterocycles. The summed E-state index contributed by atoms with van der Waals surface area (Å²) in [6.45, 7) is 7.46. The van der Waals surface area contributed by atoms with Crippen LogP contribution >= 0.6 is 11.6 Å². The average molecular weight is 803 g/mol. The van der Waals surface area contributed by atoms with Gasteiger partial charge in [-0.05, 0) is 0 Å². The summed E-state index contributed by atoms with van der Waals surface area (Å²) in [6, 6.07) is 2.41. The second-order valence-electron chi connectivity index (χ2n) is 12.3. The second-order valence-corrected chi connectivity index (χ2v) is 22.3. The number of aryl methyl sites for hydroxylation is 1. The fourth-order valence-corrected chi connectivity index (χ4v) is 15.8. The van der Waals surface area contributed by atoms with Gasteiger partial charge in [0.15, 0.2) is 0 Å². The van der Waals surface area contributed by atoms with E-state index in [0.717, 1.165) is 18.2 Å². The molecular weight excluding hydrogens is 768 g/mol. The summed E-state index contributed by atoms with van der Waals surface area (Å²) in [4.78, 5) is 62.4. The molecule has 0 saturated carbocycles. The van der Waals surface area contributed by atoms with Gasteiger partial charge in [0.05, 0.1) is 5.56 Å². The number of halogens is 4. The van der Waals surface area contributed by atoms with E-state index in [2.05, 4.69) is 25.3 Å². The van der Waals surface area contributed by atoms with Gasteiger partial charge in [-0.1, -0.05) is 0 Å². The van der Waals surface area contributed by atoms with Crippen molar-refractivity contribution in [1.82, 2.24) is 24.5 Å². The van der Waals surface area contributed by atoms with Crippen molar-refractivity contribution in [3.63, 3.8) is 0 Å². The maximum atomic E-state index is 14.4. The summed E-state index contributed by atoms with van der Waals surface area (Å²) < 4.78 is 41.5. The van der Waals surface area contributed by atoms with E-state index in [1.807, 2.05) is 25.7 Å². The Balaban J connectivity index is 1.56. The Morgan fingerprint density at radius 1 is 1.18 bits per heavy atom. The molecule has 0 unspecified atom stereocenters. The number of carbonyl (C=O) groups excluding carboxylic acids is 2. The number of fused-ring (bicyclic) bond motifs is 1. The van der Waals surface area contributed by atoms with Crippen LogP contribution < -0.4 is 20.5 Å². The molecular formula is C32H35ClF3InN8O4. The van der Waals surface area contributed by atoms with Crippen molar-refractivity contribution in [2.45, 2.75) is 60.7 Å². The number of amides is 1. The number of carbonyl (C=O) groups is 2. The van der Waals surface area contributed by atoms with E-state index < -0.39 is 39.1 Å². The van der Waals surface area contributed by atoms with Gasteiger partial charge in [-0.15, -0.1) is 0 Å². The summed E-state index contributed by atoms with van der Waals surface area (Å²) in [7, 11) is 3.51. The van der Waals surface area contributed by atoms with Crippen LogP contribution in [-0.4, -0.2) is 87.2 Å². The van der Waals surface area contributed by atoms with Gasteiger partial charge < -0.3 is 0 Å². The number of aromatic nitrogens is 5. The molecule has 5 rings (SSSR count). The standard InChI is InChI=1S/C26H30ClF3N6O2.C6H5N2O2.In/c1-7-15(4)35(9-3)23-19(8-2)36(25-22(24(23)38)33-20(13-31-25)34(5)6)14-21(37)32-18-11-10-16(12-17(18)27)26(28,29)30;1-4-6(10)5(2-9)8-3-7-4;/h7,10-13,15H,3,8-9,14H2,1-2,4-6H3,(H,32,37);3,10H,1H3;/t15-;;/m0../s1. The van der Waals surface area contributed by atoms with Crippen molar-refractivity contribution in [2.75, 3.05) is 35.8 Å². The SMILES string of the molecule is CCc1c(N2C[CH2][In]([C](=O)c3ncnc(C)c3O)[C@H](C)[C@@H]2C)c(=O)c2nc(N(C)C)cnc2n1CC(=O)Nc1ccc(C(F)(F)F)cc1Cl. The molecule has 0 radical (unpaired) electrons. The number of nitrogens with one attached hydrogen (secondary N) is 1. The Bertz CT molecular complexity index is 2010. The number of anilines is 3. The van der Waals surface area contributed by atoms with Crippen LogP contribution in [0.2, 0.25) is 12.9 Å². The average Bonchev–Trinajstić information content (AvgIpc) is 3.05. The van der Waals surface area contributed by atoms with Crippen molar-refractivity contribution in [1.29, 1.82) is 0 Å². The molecule has 17 heteroatoms. The summed E-state index contributed by atoms with van der Waals surface area (Å²) in [6.07, 6.45) is -1.52. The van der Waals surface area contributed by atoms with E-state index in [9.17, 15) is 32.7 Å². The number of benzene rings is 1. The fourth-order valence-electron chi connectivity index (χ4n) is 6.26. The van der Waals surface area contributed by atoms with Crippen LogP contribution in [0.1, 0.15) is 48.2 Å². The normalized spacial score (nSPS) is 16.6. The molecule has 49 heavy (non-hydrogen) atoms. The molecule has 1 saturated heterocycles. The summed E-state index contributed by atoms with van der Waals surface area (Å²) in [5.41, 5.74) is 0.132. The zero-order valence-corrected chi connectivity index (χ0v) is 31.8. The molecule has 12 nitrogen and oxygen atoms in total. The molecule has 4 aromatic rings. The van der Waals surface area contributed by atoms with Crippen LogP contribution in [0, 0.1) is 6.92 Å². The Kier molecular flexibility index (Phi) is 10.5. The Hall–Kier alpha value is -3.92. The van der Waals surface area contributed by atoms with Crippen molar-refractivity contribution in [3.05, 3.63) is 68.6 Å². The van der Waals surface area contributed by atoms with E-state index in [0.29, 0.717) is 40.0 Å². The molecule has 258 valence electrons. The third kappa shape index (κ3) is 7.07. The van der Waals surface area contributed by atoms with Gasteiger partial charge in [-0.2, -0.15) is 13.2 Å². The third-order valence-corrected chi connectivity index (χ3v) is 19.9. The van der Waals surface area contributed by atoms with Crippen molar-refractivity contribution in [2.24, 2.45) is 0 Å². The topological polar surface area (TPSA) is 146 Å². The Morgan fingerprint density at radius 2 is 1.90 bits per heavy atom. The van der Waals surface area contributed by atoms with Crippen LogP contribution in [0.5, 0.6) is 5.75 Å². The predicted octanol–water partition coefficient (Wildman–Crippen LogP) is 5.05. The summed E-state index contributed by atoms with van der Waals surface area (Å²) in [5, 5.41) is 12.8. The molecule has 0 bridgehead atoms. The molecule has 3 aromatic heterocycles. The van der Waals surface area contributed by atoms with Gasteiger partial charge >= 0.3 is 275 Å². The van der Waals surface area contributed by atoms with Crippen LogP contribution in [0.4, 0.5) is 30.4 Å². The van der Waals surface area contributed by atoms with Gasteiger partial charge in [-0.3, -0.25) is 0 Å². The van der Waals surface area contributed by atoms with Gasteiger partial charge in [-0.25, -0.2) is 0 Å². The molecule has 2 atom stereocenters. The van der Waals surface area contributed by atoms with Gasteiger partial charge in [0.2, 0.25) is 0 Å². The van der Waals surface area contributed by atoms with Crippen LogP contribution in [0.3, 0.4) is 0 Å². The van der Waals surface area contributed by atoms with Crippen molar-refractivity contribution >= 4 is 70.8 Å². The fraction of sp³-hybridized carbons (Fsp3) is 0.406. The van der Waals surface area contributed by atoms with E-state index >= 15 is 0 Å². The van der Waals surface area contributed by atoms with E-state index in [1.165, 1.54) is 12.5 Å². The first kappa shape index (κ1) is 36.4. The quantitative estimate of drug-likeness (QED) is 0.248. The van der Waals surface area contributed by atoms with E-state index in [4.69, 9.17) is 11.6 Å². The van der Waals surface area contributed by atoms with Gasteiger partial charge in [0, 0.05) is 0 Å². The number of aromatic hydroxyl groups is 1. The second kappa shape index (κ2) is 14.1. The van der Waals surface area contributed by atoms with E-state index in [1.54, 1.807) is 30.5 Å². The molecule has 2 N–H and O–H groups in total. The number of hydrogen-bond donors (Lipinski definition) is 2. The first-order valence-electron chi connectivity index (χ1n) is 15.6. The minimum atomic E-state index is -4.60. The first-order valence-corrected chi connectivity index (χ1v) is 21.9. The zero-order valence-electron chi connectivity index (χ0n) is 27.8. The van der Waals surface area contributed by atoms with Gasteiger partial charge in [0.1, 0.15) is 0 Å². The first-order chi connectivity index (χ1) is 23.0. The Morgan fingerprint density at radius 3 is 2.53 bits per heavy atom. The molecule has 4 heterocycles. The van der Waals surface area contributed by atoms with E-state index in [-0.39, 0.29) is 58.5 Å². The maximum absolute atomic E-state index is 14.4. The summed E-state index contributed by atoms with van der Waals surface area (Å²) in [5.74, 6) is -0.384.